The Balaban J connectivity index is 1.34. The summed E-state index contributed by atoms with van der Waals surface area (Å²) in [5.74, 6) is 2.55. The number of fused-ring (bicyclic) bond motifs is 1. The molecule has 5 rings (SSSR count). The van der Waals surface area contributed by atoms with Gasteiger partial charge < -0.3 is 19.5 Å². The molecule has 1 aromatic carbocycles. The van der Waals surface area contributed by atoms with E-state index in [1.54, 1.807) is 31.6 Å². The minimum Gasteiger partial charge on any atom is -0.381 e. The fraction of sp³-hybridized carbons (Fsp3) is 0.333. The van der Waals surface area contributed by atoms with Crippen LogP contribution in [0, 0.1) is 5.82 Å². The van der Waals surface area contributed by atoms with Crippen LogP contribution >= 0.6 is 0 Å². The summed E-state index contributed by atoms with van der Waals surface area (Å²) in [7, 11) is 3.68. The van der Waals surface area contributed by atoms with Gasteiger partial charge in [-0.05, 0) is 30.5 Å². The van der Waals surface area contributed by atoms with Gasteiger partial charge in [-0.1, -0.05) is 18.2 Å². The highest BCUT2D eigenvalue weighted by Gasteiger charge is 2.21. The quantitative estimate of drug-likeness (QED) is 0.481. The molecule has 170 valence electrons. The molecule has 33 heavy (non-hydrogen) atoms. The number of aryl methyl sites for hydroxylation is 1. The molecule has 4 heterocycles. The number of aromatic nitrogens is 5. The maximum absolute atomic E-state index is 14.1. The van der Waals surface area contributed by atoms with Crippen molar-refractivity contribution in [3.63, 3.8) is 0 Å². The van der Waals surface area contributed by atoms with E-state index in [2.05, 4.69) is 25.2 Å². The van der Waals surface area contributed by atoms with Crippen LogP contribution in [0.15, 0.2) is 48.8 Å². The van der Waals surface area contributed by atoms with Gasteiger partial charge in [0.05, 0.1) is 23.3 Å². The first-order valence-corrected chi connectivity index (χ1v) is 11.0. The van der Waals surface area contributed by atoms with E-state index in [9.17, 15) is 4.39 Å². The lowest BCUT2D eigenvalue weighted by molar-refractivity contribution is 0.0816. The molecule has 0 aliphatic carbocycles. The average molecular weight is 448 g/mol. The van der Waals surface area contributed by atoms with Crippen LogP contribution in [0.1, 0.15) is 24.2 Å². The predicted octanol–water partition coefficient (Wildman–Crippen LogP) is 3.85. The van der Waals surface area contributed by atoms with Gasteiger partial charge in [0.2, 0.25) is 5.95 Å². The average Bonchev–Trinajstić information content (AvgIpc) is 3.15. The van der Waals surface area contributed by atoms with Crippen molar-refractivity contribution in [2.24, 2.45) is 7.05 Å². The molecule has 4 aromatic rings. The van der Waals surface area contributed by atoms with Crippen LogP contribution < -0.4 is 10.2 Å². The molecule has 1 aliphatic heterocycles. The van der Waals surface area contributed by atoms with E-state index in [0.29, 0.717) is 35.7 Å². The van der Waals surface area contributed by atoms with Crippen molar-refractivity contribution in [2.45, 2.75) is 25.4 Å². The lowest BCUT2D eigenvalue weighted by atomic mass is 10.1. The normalized spacial score (nSPS) is 14.7. The minimum atomic E-state index is -0.226. The third-order valence-electron chi connectivity index (χ3n) is 6.12. The topological polar surface area (TPSA) is 81.0 Å². The van der Waals surface area contributed by atoms with Gasteiger partial charge in [-0.15, -0.1) is 0 Å². The molecule has 9 heteroatoms. The Kier molecular flexibility index (Phi) is 5.87. The number of piperidine rings is 1. The van der Waals surface area contributed by atoms with Gasteiger partial charge in [-0.25, -0.2) is 19.3 Å². The third kappa shape index (κ3) is 4.49. The van der Waals surface area contributed by atoms with Crippen LogP contribution in [0.4, 0.5) is 22.0 Å². The number of imidazole rings is 1. The zero-order chi connectivity index (χ0) is 22.8. The fourth-order valence-corrected chi connectivity index (χ4v) is 4.17. The number of methoxy groups -OCH3 is 1. The van der Waals surface area contributed by atoms with Gasteiger partial charge in [-0.2, -0.15) is 4.98 Å². The van der Waals surface area contributed by atoms with Crippen molar-refractivity contribution < 1.29 is 9.13 Å². The van der Waals surface area contributed by atoms with E-state index in [0.717, 1.165) is 42.8 Å². The summed E-state index contributed by atoms with van der Waals surface area (Å²) >= 11 is 0. The zero-order valence-electron chi connectivity index (χ0n) is 18.7. The molecule has 0 unspecified atom stereocenters. The first kappa shape index (κ1) is 21.3. The lowest BCUT2D eigenvalue weighted by Crippen LogP contribution is -2.37. The lowest BCUT2D eigenvalue weighted by Gasteiger charge is -2.31. The number of anilines is 3. The smallest absolute Gasteiger partial charge is 0.227 e. The van der Waals surface area contributed by atoms with Crippen LogP contribution in [0.3, 0.4) is 0 Å². The van der Waals surface area contributed by atoms with Crippen molar-refractivity contribution in [1.82, 2.24) is 24.5 Å². The van der Waals surface area contributed by atoms with E-state index in [1.165, 1.54) is 6.07 Å². The molecule has 0 atom stereocenters. The van der Waals surface area contributed by atoms with Gasteiger partial charge in [-0.3, -0.25) is 0 Å². The number of nitrogens with one attached hydrogen (secondary N) is 1. The summed E-state index contributed by atoms with van der Waals surface area (Å²) in [5.41, 5.74) is 2.29. The Morgan fingerprint density at radius 3 is 2.70 bits per heavy atom. The third-order valence-corrected chi connectivity index (χ3v) is 6.12. The van der Waals surface area contributed by atoms with Crippen LogP contribution in [-0.4, -0.2) is 50.8 Å². The summed E-state index contributed by atoms with van der Waals surface area (Å²) in [6, 6.07) is 10.5. The summed E-state index contributed by atoms with van der Waals surface area (Å²) in [4.78, 5) is 20.5. The van der Waals surface area contributed by atoms with Gasteiger partial charge >= 0.3 is 0 Å². The molecule has 1 fully saturated rings. The monoisotopic (exact) mass is 447 g/mol. The van der Waals surface area contributed by atoms with Crippen molar-refractivity contribution in [1.29, 1.82) is 0 Å². The number of nitrogens with zero attached hydrogens (tertiary/aromatic N) is 6. The minimum absolute atomic E-state index is 0.226. The summed E-state index contributed by atoms with van der Waals surface area (Å²) < 4.78 is 21.5. The van der Waals surface area contributed by atoms with Gasteiger partial charge in [0.15, 0.2) is 0 Å². The highest BCUT2D eigenvalue weighted by Crippen LogP contribution is 2.23. The Morgan fingerprint density at radius 1 is 1.09 bits per heavy atom. The summed E-state index contributed by atoms with van der Waals surface area (Å²) in [6.45, 7) is 1.73. The van der Waals surface area contributed by atoms with Crippen LogP contribution in [-0.2, 0) is 18.2 Å². The number of ether oxygens (including phenoxy) is 1. The van der Waals surface area contributed by atoms with Crippen molar-refractivity contribution in [2.75, 3.05) is 30.4 Å². The Hall–Kier alpha value is -3.59. The molecule has 0 amide bonds. The highest BCUT2D eigenvalue weighted by atomic mass is 19.1. The maximum atomic E-state index is 14.1. The van der Waals surface area contributed by atoms with Crippen molar-refractivity contribution in [3.05, 3.63) is 66.0 Å². The second kappa shape index (κ2) is 9.11. The second-order valence-corrected chi connectivity index (χ2v) is 8.20. The first-order chi connectivity index (χ1) is 16.1. The second-order valence-electron chi connectivity index (χ2n) is 8.20. The molecule has 0 bridgehead atoms. The van der Waals surface area contributed by atoms with Gasteiger partial charge in [0.25, 0.3) is 0 Å². The van der Waals surface area contributed by atoms with Crippen LogP contribution in [0.25, 0.3) is 11.0 Å². The molecule has 1 saturated heterocycles. The van der Waals surface area contributed by atoms with Gasteiger partial charge in [0, 0.05) is 45.9 Å². The van der Waals surface area contributed by atoms with E-state index >= 15 is 0 Å². The van der Waals surface area contributed by atoms with E-state index in [-0.39, 0.29) is 5.82 Å². The molecular formula is C24H26FN7O. The number of hydrogen-bond acceptors (Lipinski definition) is 7. The zero-order valence-corrected chi connectivity index (χ0v) is 18.7. The largest absolute Gasteiger partial charge is 0.381 e. The molecule has 3 aromatic heterocycles. The van der Waals surface area contributed by atoms with Crippen molar-refractivity contribution >= 4 is 28.6 Å². The number of benzene rings is 1. The Labute approximate surface area is 191 Å². The van der Waals surface area contributed by atoms with E-state index in [1.807, 2.05) is 29.8 Å². The van der Waals surface area contributed by atoms with Crippen LogP contribution in [0.5, 0.6) is 0 Å². The molecule has 1 N–H and O–H groups in total. The maximum Gasteiger partial charge on any atom is 0.227 e. The fourth-order valence-electron chi connectivity index (χ4n) is 4.17. The Morgan fingerprint density at radius 2 is 1.91 bits per heavy atom. The standard InChI is InChI=1S/C24H26FN7O/c1-31-20-15-27-22(14-19(20)28-23(31)13-16-5-3-4-6-18(16)25)29-21-7-10-26-24(30-21)32-11-8-17(33-2)9-12-32/h3-7,10,14-15,17H,8-9,11-13H2,1-2H3,(H,26,27,29,30). The predicted molar refractivity (Wildman–Crippen MR) is 125 cm³/mol. The molecule has 8 nitrogen and oxygen atoms in total. The number of hydrogen-bond donors (Lipinski definition) is 1. The molecule has 0 saturated carbocycles. The van der Waals surface area contributed by atoms with E-state index < -0.39 is 0 Å². The number of halogens is 1. The van der Waals surface area contributed by atoms with Crippen LogP contribution in [0.2, 0.25) is 0 Å². The molecule has 0 spiro atoms. The molecule has 1 aliphatic rings. The summed E-state index contributed by atoms with van der Waals surface area (Å²) in [5, 5.41) is 3.26. The SMILES string of the molecule is COC1CCN(c2nccc(Nc3cc4nc(Cc5ccccc5F)n(C)c4cn3)n2)CC1. The van der Waals surface area contributed by atoms with Gasteiger partial charge in [0.1, 0.15) is 23.3 Å². The Bertz CT molecular complexity index is 1270. The summed E-state index contributed by atoms with van der Waals surface area (Å²) in [6.07, 6.45) is 6.16. The molecular weight excluding hydrogens is 421 g/mol. The number of pyridine rings is 1. The number of rotatable bonds is 6. The van der Waals surface area contributed by atoms with E-state index in [4.69, 9.17) is 9.72 Å². The van der Waals surface area contributed by atoms with Crippen molar-refractivity contribution in [3.8, 4) is 0 Å². The molecule has 0 radical (unpaired) electrons. The highest BCUT2D eigenvalue weighted by molar-refractivity contribution is 5.78. The first-order valence-electron chi connectivity index (χ1n) is 11.0.